The number of halogens is 2. The summed E-state index contributed by atoms with van der Waals surface area (Å²) < 4.78 is 23.2. The molecule has 1 aromatic carbocycles. The third-order valence-electron chi connectivity index (χ3n) is 4.67. The van der Waals surface area contributed by atoms with Gasteiger partial charge in [-0.25, -0.2) is 0 Å². The molecule has 2 heterocycles. The third-order valence-corrected chi connectivity index (χ3v) is 5.63. The molecule has 0 saturated carbocycles. The van der Waals surface area contributed by atoms with Crippen molar-refractivity contribution in [3.63, 3.8) is 0 Å². The predicted octanol–water partition coefficient (Wildman–Crippen LogP) is 4.48. The predicted molar refractivity (Wildman–Crippen MR) is 94.0 cm³/mol. The highest BCUT2D eigenvalue weighted by Gasteiger charge is 2.32. The molecule has 2 saturated heterocycles. The van der Waals surface area contributed by atoms with Gasteiger partial charge in [-0.05, 0) is 37.3 Å². The summed E-state index contributed by atoms with van der Waals surface area (Å²) in [5.41, 5.74) is 0.920. The minimum Gasteiger partial charge on any atom is -0.487 e. The molecule has 24 heavy (non-hydrogen) atoms. The van der Waals surface area contributed by atoms with Crippen molar-refractivity contribution in [3.05, 3.63) is 27.7 Å². The van der Waals surface area contributed by atoms with Gasteiger partial charge >= 0.3 is 0 Å². The van der Waals surface area contributed by atoms with Gasteiger partial charge < -0.3 is 18.9 Å². The molecule has 1 aromatic rings. The highest BCUT2D eigenvalue weighted by atomic mass is 35.5. The highest BCUT2D eigenvalue weighted by Crippen LogP contribution is 2.34. The molecular formula is C18H24Cl2O4. The Kier molecular flexibility index (Phi) is 6.27. The number of hydrogen-bond acceptors (Lipinski definition) is 4. The lowest BCUT2D eigenvalue weighted by molar-refractivity contribution is -0.231. The van der Waals surface area contributed by atoms with E-state index in [1.54, 1.807) is 0 Å². The molecule has 2 aliphatic rings. The second-order valence-electron chi connectivity index (χ2n) is 6.73. The van der Waals surface area contributed by atoms with Crippen LogP contribution in [0.3, 0.4) is 0 Å². The van der Waals surface area contributed by atoms with Gasteiger partial charge in [0.05, 0.1) is 24.3 Å². The van der Waals surface area contributed by atoms with Crippen LogP contribution in [0, 0.1) is 18.8 Å². The van der Waals surface area contributed by atoms with E-state index in [4.69, 9.17) is 42.1 Å². The lowest BCUT2D eigenvalue weighted by Crippen LogP contribution is -2.43. The molecule has 1 unspecified atom stereocenters. The van der Waals surface area contributed by atoms with Crippen LogP contribution < -0.4 is 4.74 Å². The van der Waals surface area contributed by atoms with E-state index < -0.39 is 0 Å². The summed E-state index contributed by atoms with van der Waals surface area (Å²) in [6.07, 6.45) is 2.14. The van der Waals surface area contributed by atoms with Crippen LogP contribution in [0.15, 0.2) is 12.1 Å². The highest BCUT2D eigenvalue weighted by molar-refractivity contribution is 6.43. The van der Waals surface area contributed by atoms with Crippen LogP contribution >= 0.6 is 23.2 Å². The summed E-state index contributed by atoms with van der Waals surface area (Å²) in [4.78, 5) is 0. The second kappa shape index (κ2) is 8.24. The molecule has 0 amide bonds. The number of ether oxygens (including phenoxy) is 4. The third kappa shape index (κ3) is 4.36. The maximum atomic E-state index is 6.20. The first-order chi connectivity index (χ1) is 11.5. The number of hydrogen-bond donors (Lipinski definition) is 0. The Labute approximate surface area is 153 Å². The van der Waals surface area contributed by atoms with Crippen molar-refractivity contribution in [3.8, 4) is 5.75 Å². The first-order valence-corrected chi connectivity index (χ1v) is 9.22. The fourth-order valence-corrected chi connectivity index (χ4v) is 3.46. The van der Waals surface area contributed by atoms with Gasteiger partial charge in [-0.2, -0.15) is 0 Å². The minimum absolute atomic E-state index is 0.244. The van der Waals surface area contributed by atoms with Crippen molar-refractivity contribution in [1.82, 2.24) is 0 Å². The van der Waals surface area contributed by atoms with Crippen LogP contribution in [0.5, 0.6) is 5.75 Å². The summed E-state index contributed by atoms with van der Waals surface area (Å²) in [5.74, 6) is 1.50. The summed E-state index contributed by atoms with van der Waals surface area (Å²) in [6, 6.07) is 3.69. The van der Waals surface area contributed by atoms with Gasteiger partial charge in [0.15, 0.2) is 6.29 Å². The van der Waals surface area contributed by atoms with Gasteiger partial charge in [0.2, 0.25) is 0 Å². The average Bonchev–Trinajstić information content (AvgIpc) is 2.60. The van der Waals surface area contributed by atoms with Crippen molar-refractivity contribution in [1.29, 1.82) is 0 Å². The fraction of sp³-hybridized carbons (Fsp3) is 0.667. The molecule has 0 N–H and O–H groups in total. The Hall–Kier alpha value is -0.520. The van der Waals surface area contributed by atoms with Gasteiger partial charge in [0.1, 0.15) is 17.4 Å². The number of aryl methyl sites for hydroxylation is 1. The molecule has 4 nitrogen and oxygen atoms in total. The molecule has 0 bridgehead atoms. The van der Waals surface area contributed by atoms with Crippen LogP contribution in [-0.4, -0.2) is 38.8 Å². The van der Waals surface area contributed by atoms with E-state index in [0.29, 0.717) is 40.8 Å². The van der Waals surface area contributed by atoms with Crippen molar-refractivity contribution in [2.45, 2.75) is 39.1 Å². The molecule has 0 spiro atoms. The Morgan fingerprint density at radius 2 is 1.79 bits per heavy atom. The zero-order chi connectivity index (χ0) is 17.1. The van der Waals surface area contributed by atoms with Crippen molar-refractivity contribution >= 4 is 23.2 Å². The smallest absolute Gasteiger partial charge is 0.191 e. The van der Waals surface area contributed by atoms with Crippen molar-refractivity contribution in [2.75, 3.05) is 26.4 Å². The van der Waals surface area contributed by atoms with Gasteiger partial charge in [0, 0.05) is 12.5 Å². The lowest BCUT2D eigenvalue weighted by Gasteiger charge is -2.37. The van der Waals surface area contributed by atoms with E-state index in [9.17, 15) is 0 Å². The first-order valence-electron chi connectivity index (χ1n) is 8.46. The summed E-state index contributed by atoms with van der Waals surface area (Å²) in [6.45, 7) is 6.51. The van der Waals surface area contributed by atoms with E-state index in [0.717, 1.165) is 18.6 Å². The molecule has 3 rings (SSSR count). The first kappa shape index (κ1) is 18.3. The van der Waals surface area contributed by atoms with E-state index in [1.165, 1.54) is 6.42 Å². The van der Waals surface area contributed by atoms with Crippen LogP contribution in [0.4, 0.5) is 0 Å². The Morgan fingerprint density at radius 1 is 1.04 bits per heavy atom. The molecule has 0 aliphatic carbocycles. The lowest BCUT2D eigenvalue weighted by atomic mass is 9.92. The van der Waals surface area contributed by atoms with Crippen LogP contribution in [0.25, 0.3) is 0 Å². The molecule has 2 atom stereocenters. The van der Waals surface area contributed by atoms with Crippen LogP contribution in [-0.2, 0) is 14.2 Å². The monoisotopic (exact) mass is 374 g/mol. The van der Waals surface area contributed by atoms with Crippen molar-refractivity contribution < 1.29 is 18.9 Å². The molecule has 134 valence electrons. The summed E-state index contributed by atoms with van der Waals surface area (Å²) >= 11 is 12.3. The Morgan fingerprint density at radius 3 is 2.46 bits per heavy atom. The largest absolute Gasteiger partial charge is 0.487 e. The van der Waals surface area contributed by atoms with Crippen LogP contribution in [0.2, 0.25) is 10.0 Å². The van der Waals surface area contributed by atoms with E-state index >= 15 is 0 Å². The molecule has 6 heteroatoms. The fourth-order valence-electron chi connectivity index (χ4n) is 3.04. The molecular weight excluding hydrogens is 351 g/mol. The standard InChI is InChI=1S/C18H24Cl2O4/c1-11-3-5-14(21-7-11)13-8-23-16(24-9-13)10-22-15-6-4-12(2)17(19)18(15)20/h4,6,11,13-14,16H,3,5,7-10H2,1-2H3/t11?,13?,14-,16?/m0/s1. The molecule has 2 fully saturated rings. The number of benzene rings is 1. The van der Waals surface area contributed by atoms with Gasteiger partial charge in [-0.3, -0.25) is 0 Å². The van der Waals surface area contributed by atoms with Crippen LogP contribution in [0.1, 0.15) is 25.3 Å². The molecule has 2 aliphatic heterocycles. The van der Waals surface area contributed by atoms with E-state index in [1.807, 2.05) is 19.1 Å². The molecule has 0 aromatic heterocycles. The number of rotatable bonds is 4. The quantitative estimate of drug-likeness (QED) is 0.777. The summed E-state index contributed by atoms with van der Waals surface area (Å²) in [7, 11) is 0. The maximum Gasteiger partial charge on any atom is 0.191 e. The second-order valence-corrected chi connectivity index (χ2v) is 7.49. The van der Waals surface area contributed by atoms with Gasteiger partial charge in [-0.1, -0.05) is 36.2 Å². The minimum atomic E-state index is -0.389. The van der Waals surface area contributed by atoms with E-state index in [2.05, 4.69) is 6.92 Å². The maximum absolute atomic E-state index is 6.20. The van der Waals surface area contributed by atoms with Gasteiger partial charge in [-0.15, -0.1) is 0 Å². The average molecular weight is 375 g/mol. The normalized spacial score (nSPS) is 31.0. The Bertz CT molecular complexity index is 550. The zero-order valence-corrected chi connectivity index (χ0v) is 15.6. The van der Waals surface area contributed by atoms with Gasteiger partial charge in [0.25, 0.3) is 0 Å². The summed E-state index contributed by atoms with van der Waals surface area (Å²) in [5, 5.41) is 0.943. The van der Waals surface area contributed by atoms with Crippen molar-refractivity contribution in [2.24, 2.45) is 11.8 Å². The Balaban J connectivity index is 1.45. The van der Waals surface area contributed by atoms with E-state index in [-0.39, 0.29) is 19.0 Å². The SMILES string of the molecule is Cc1ccc(OCC2OCC([C@@H]3CCC(C)CO3)CO2)c(Cl)c1Cl. The topological polar surface area (TPSA) is 36.9 Å². The zero-order valence-electron chi connectivity index (χ0n) is 14.1. The molecule has 0 radical (unpaired) electrons.